The fourth-order valence-corrected chi connectivity index (χ4v) is 4.61. The van der Waals surface area contributed by atoms with Crippen LogP contribution in [0.3, 0.4) is 0 Å². The number of hydrogen-bond donors (Lipinski definition) is 1. The summed E-state index contributed by atoms with van der Waals surface area (Å²) in [6.07, 6.45) is 0. The van der Waals surface area contributed by atoms with E-state index in [0.29, 0.717) is 22.2 Å². The summed E-state index contributed by atoms with van der Waals surface area (Å²) in [5.74, 6) is 0.694. The number of fused-ring (bicyclic) bond motifs is 1. The highest BCUT2D eigenvalue weighted by Gasteiger charge is 2.17. The van der Waals surface area contributed by atoms with Crippen LogP contribution in [0.4, 0.5) is 5.13 Å². The van der Waals surface area contributed by atoms with E-state index in [-0.39, 0.29) is 10.8 Å². The molecule has 0 spiro atoms. The van der Waals surface area contributed by atoms with E-state index in [1.807, 2.05) is 29.6 Å². The molecule has 0 saturated carbocycles. The van der Waals surface area contributed by atoms with E-state index in [9.17, 15) is 4.79 Å². The number of benzene rings is 2. The first-order chi connectivity index (χ1) is 14.1. The number of Topliss-reactive ketones (excluding diaryl/α,β-unsaturated/α-hetero) is 1. The molecule has 1 N–H and O–H groups in total. The van der Waals surface area contributed by atoms with E-state index in [0.717, 1.165) is 20.9 Å². The average molecular weight is 442 g/mol. The second kappa shape index (κ2) is 8.24. The fraction of sp³-hybridized carbons (Fsp3) is 0.100. The van der Waals surface area contributed by atoms with Crippen molar-refractivity contribution in [3.05, 3.63) is 53.4 Å². The number of rotatable bonds is 6. The van der Waals surface area contributed by atoms with Crippen molar-refractivity contribution in [3.8, 4) is 22.2 Å². The molecule has 2 aromatic heterocycles. The van der Waals surface area contributed by atoms with Crippen molar-refractivity contribution in [1.82, 2.24) is 9.97 Å². The van der Waals surface area contributed by atoms with Gasteiger partial charge in [-0.2, -0.15) is 0 Å². The number of thiocarbonyl (C=S) groups is 1. The van der Waals surface area contributed by atoms with Crippen LogP contribution < -0.4 is 14.8 Å². The number of hydrogen-bond acceptors (Lipinski definition) is 8. The number of para-hydroxylation sites is 1. The first-order valence-corrected chi connectivity index (χ1v) is 10.6. The molecule has 0 saturated heterocycles. The summed E-state index contributed by atoms with van der Waals surface area (Å²) in [5, 5.41) is 6.17. The molecule has 0 amide bonds. The van der Waals surface area contributed by atoms with Gasteiger partial charge in [0.25, 0.3) is 0 Å². The molecule has 2 heterocycles. The normalized spacial score (nSPS) is 10.7. The Morgan fingerprint density at radius 1 is 1.07 bits per heavy atom. The lowest BCUT2D eigenvalue weighted by Gasteiger charge is -2.08. The predicted molar refractivity (Wildman–Crippen MR) is 121 cm³/mol. The molecule has 0 atom stereocenters. The van der Waals surface area contributed by atoms with Crippen LogP contribution in [0, 0.1) is 0 Å². The zero-order chi connectivity index (χ0) is 20.4. The summed E-state index contributed by atoms with van der Waals surface area (Å²) in [5.41, 5.74) is 2.06. The van der Waals surface area contributed by atoms with Gasteiger partial charge in [0.1, 0.15) is 22.2 Å². The van der Waals surface area contributed by atoms with Gasteiger partial charge in [0.2, 0.25) is 5.78 Å². The van der Waals surface area contributed by atoms with Gasteiger partial charge in [-0.3, -0.25) is 4.79 Å². The summed E-state index contributed by atoms with van der Waals surface area (Å²) in [4.78, 5) is 21.9. The van der Waals surface area contributed by atoms with Gasteiger partial charge in [-0.15, -0.1) is 22.7 Å². The highest BCUT2D eigenvalue weighted by Crippen LogP contribution is 2.32. The fourth-order valence-electron chi connectivity index (χ4n) is 2.63. The number of nitrogens with zero attached hydrogens (tertiary/aromatic N) is 2. The van der Waals surface area contributed by atoms with Crippen LogP contribution in [-0.4, -0.2) is 35.0 Å². The van der Waals surface area contributed by atoms with Crippen LogP contribution in [-0.2, 0) is 0 Å². The lowest BCUT2D eigenvalue weighted by atomic mass is 10.1. The maximum atomic E-state index is 12.7. The van der Waals surface area contributed by atoms with Crippen LogP contribution in [0.2, 0.25) is 0 Å². The Bertz CT molecular complexity index is 1160. The molecule has 0 aliphatic heterocycles. The molecule has 0 fully saturated rings. The summed E-state index contributed by atoms with van der Waals surface area (Å²) in [6, 6.07) is 12.9. The molecule has 4 aromatic rings. The van der Waals surface area contributed by atoms with E-state index in [4.69, 9.17) is 21.7 Å². The molecule has 29 heavy (non-hydrogen) atoms. The molecule has 0 aliphatic carbocycles. The van der Waals surface area contributed by atoms with Crippen LogP contribution in [0.1, 0.15) is 10.4 Å². The van der Waals surface area contributed by atoms with Crippen molar-refractivity contribution in [1.29, 1.82) is 0 Å². The Labute approximate surface area is 180 Å². The van der Waals surface area contributed by atoms with E-state index >= 15 is 0 Å². The van der Waals surface area contributed by atoms with Crippen LogP contribution in [0.15, 0.2) is 47.8 Å². The molecule has 2 aromatic carbocycles. The molecule has 0 aliphatic rings. The van der Waals surface area contributed by atoms with Gasteiger partial charge in [0.05, 0.1) is 24.4 Å². The van der Waals surface area contributed by atoms with Crippen LogP contribution in [0.5, 0.6) is 11.5 Å². The molecule has 0 bridgehead atoms. The Hall–Kier alpha value is -2.88. The zero-order valence-corrected chi connectivity index (χ0v) is 17.9. The summed E-state index contributed by atoms with van der Waals surface area (Å²) >= 11 is 8.23. The number of aromatic nitrogens is 2. The first kappa shape index (κ1) is 19.4. The smallest absolute Gasteiger partial charge is 0.220 e. The standard InChI is InChI=1S/C20H15N3O3S3/c1-25-12-7-11(8-13(9-12)26-2)17(24)18(27)23-20-22-15(10-28-20)19-21-14-5-3-4-6-16(14)29-19/h3-10H,1-2H3,(H,22,23,27). The van der Waals surface area contributed by atoms with Gasteiger partial charge in [0, 0.05) is 17.0 Å². The number of methoxy groups -OCH3 is 2. The van der Waals surface area contributed by atoms with Crippen LogP contribution >= 0.6 is 34.9 Å². The van der Waals surface area contributed by atoms with Crippen molar-refractivity contribution in [3.63, 3.8) is 0 Å². The zero-order valence-electron chi connectivity index (χ0n) is 15.5. The van der Waals surface area contributed by atoms with Crippen molar-refractivity contribution >= 4 is 61.0 Å². The maximum absolute atomic E-state index is 12.7. The third-order valence-corrected chi connectivity index (χ3v) is 6.16. The minimum Gasteiger partial charge on any atom is -0.497 e. The number of nitrogens with one attached hydrogen (secondary N) is 1. The SMILES string of the molecule is COc1cc(OC)cc(C(=O)C(=S)Nc2nc(-c3nc4ccccc4s3)cs2)c1. The van der Waals surface area contributed by atoms with Crippen molar-refractivity contribution < 1.29 is 14.3 Å². The van der Waals surface area contributed by atoms with E-state index < -0.39 is 0 Å². The number of carbonyl (C=O) groups excluding carboxylic acids is 1. The Kier molecular flexibility index (Phi) is 5.52. The first-order valence-electron chi connectivity index (χ1n) is 8.47. The molecule has 9 heteroatoms. The van der Waals surface area contributed by atoms with Gasteiger partial charge in [-0.1, -0.05) is 24.4 Å². The summed E-state index contributed by atoms with van der Waals surface area (Å²) in [7, 11) is 3.05. The second-order valence-corrected chi connectivity index (χ2v) is 8.21. The number of thiazole rings is 2. The second-order valence-electron chi connectivity index (χ2n) is 5.91. The summed E-state index contributed by atoms with van der Waals surface area (Å²) < 4.78 is 11.5. The predicted octanol–water partition coefficient (Wildman–Crippen LogP) is 5.06. The summed E-state index contributed by atoms with van der Waals surface area (Å²) in [6.45, 7) is 0. The maximum Gasteiger partial charge on any atom is 0.220 e. The monoisotopic (exact) mass is 441 g/mol. The molecule has 4 rings (SSSR count). The lowest BCUT2D eigenvalue weighted by Crippen LogP contribution is -2.20. The third-order valence-electron chi connectivity index (χ3n) is 4.06. The molecule has 0 unspecified atom stereocenters. The van der Waals surface area contributed by atoms with E-state index in [1.165, 1.54) is 25.6 Å². The van der Waals surface area contributed by atoms with Gasteiger partial charge < -0.3 is 14.8 Å². The van der Waals surface area contributed by atoms with Gasteiger partial charge in [-0.25, -0.2) is 9.97 Å². The minimum atomic E-state index is -0.339. The van der Waals surface area contributed by atoms with Gasteiger partial charge in [0.15, 0.2) is 10.1 Å². The molecule has 6 nitrogen and oxygen atoms in total. The lowest BCUT2D eigenvalue weighted by molar-refractivity contribution is 0.106. The molecular formula is C20H15N3O3S3. The average Bonchev–Trinajstić information content (AvgIpc) is 3.39. The Morgan fingerprint density at radius 2 is 1.79 bits per heavy atom. The third kappa shape index (κ3) is 4.12. The number of anilines is 1. The van der Waals surface area contributed by atoms with Gasteiger partial charge in [-0.05, 0) is 24.3 Å². The largest absolute Gasteiger partial charge is 0.497 e. The quantitative estimate of drug-likeness (QED) is 0.331. The molecule has 0 radical (unpaired) electrons. The number of carbonyl (C=O) groups is 1. The van der Waals surface area contributed by atoms with Gasteiger partial charge >= 0.3 is 0 Å². The van der Waals surface area contributed by atoms with Crippen molar-refractivity contribution in [2.45, 2.75) is 0 Å². The van der Waals surface area contributed by atoms with E-state index in [1.54, 1.807) is 29.5 Å². The van der Waals surface area contributed by atoms with E-state index in [2.05, 4.69) is 15.3 Å². The number of ketones is 1. The molecular weight excluding hydrogens is 426 g/mol. The highest BCUT2D eigenvalue weighted by molar-refractivity contribution is 7.82. The van der Waals surface area contributed by atoms with Crippen molar-refractivity contribution in [2.75, 3.05) is 19.5 Å². The Balaban J connectivity index is 1.52. The topological polar surface area (TPSA) is 73.3 Å². The van der Waals surface area contributed by atoms with Crippen LogP contribution in [0.25, 0.3) is 20.9 Å². The Morgan fingerprint density at radius 3 is 2.48 bits per heavy atom. The highest BCUT2D eigenvalue weighted by atomic mass is 32.1. The van der Waals surface area contributed by atoms with Crippen molar-refractivity contribution in [2.24, 2.45) is 0 Å². The minimum absolute atomic E-state index is 0.0468. The molecule has 146 valence electrons. The number of ether oxygens (including phenoxy) is 2.